The maximum atomic E-state index is 12.7. The van der Waals surface area contributed by atoms with Gasteiger partial charge in [0.25, 0.3) is 0 Å². The monoisotopic (exact) mass is 236 g/mol. The van der Waals surface area contributed by atoms with E-state index in [1.165, 1.54) is 30.5 Å². The molecule has 0 aliphatic heterocycles. The summed E-state index contributed by atoms with van der Waals surface area (Å²) in [6.45, 7) is 3.18. The molecular weight excluding hydrogens is 215 g/mol. The first-order valence-corrected chi connectivity index (χ1v) is 6.40. The fourth-order valence-electron chi connectivity index (χ4n) is 1.83. The summed E-state index contributed by atoms with van der Waals surface area (Å²) < 4.78 is 12.7. The van der Waals surface area contributed by atoms with Crippen LogP contribution < -0.4 is 5.32 Å². The van der Waals surface area contributed by atoms with Crippen LogP contribution in [0.1, 0.15) is 18.4 Å². The molecule has 1 aromatic rings. The number of halogens is 1. The quantitative estimate of drug-likeness (QED) is 0.779. The number of nitrogens with zero attached hydrogens (tertiary/aromatic N) is 1. The third kappa shape index (κ3) is 4.84. The Morgan fingerprint density at radius 3 is 2.59 bits per heavy atom. The van der Waals surface area contributed by atoms with Crippen LogP contribution in [0.5, 0.6) is 0 Å². The summed E-state index contributed by atoms with van der Waals surface area (Å²) in [7, 11) is 2.14. The summed E-state index contributed by atoms with van der Waals surface area (Å²) in [4.78, 5) is 2.32. The highest BCUT2D eigenvalue weighted by atomic mass is 19.1. The average Bonchev–Trinajstić information content (AvgIpc) is 3.12. The summed E-state index contributed by atoms with van der Waals surface area (Å²) >= 11 is 0. The molecule has 94 valence electrons. The zero-order valence-electron chi connectivity index (χ0n) is 10.5. The first kappa shape index (κ1) is 12.5. The summed E-state index contributed by atoms with van der Waals surface area (Å²) in [6, 6.07) is 7.59. The molecule has 1 aromatic carbocycles. The molecule has 0 unspecified atom stereocenters. The van der Waals surface area contributed by atoms with Crippen LogP contribution >= 0.6 is 0 Å². The largest absolute Gasteiger partial charge is 0.313 e. The van der Waals surface area contributed by atoms with Gasteiger partial charge in [0.15, 0.2) is 0 Å². The van der Waals surface area contributed by atoms with E-state index in [9.17, 15) is 4.39 Å². The molecule has 3 heteroatoms. The van der Waals surface area contributed by atoms with Gasteiger partial charge in [-0.1, -0.05) is 12.1 Å². The van der Waals surface area contributed by atoms with Gasteiger partial charge < -0.3 is 10.2 Å². The molecule has 1 fully saturated rings. The lowest BCUT2D eigenvalue weighted by Crippen LogP contribution is -2.31. The summed E-state index contributed by atoms with van der Waals surface area (Å²) in [5.74, 6) is -0.157. The van der Waals surface area contributed by atoms with E-state index in [-0.39, 0.29) is 5.82 Å². The predicted octanol–water partition coefficient (Wildman–Crippen LogP) is 2.05. The number of benzene rings is 1. The Bertz CT molecular complexity index is 333. The summed E-state index contributed by atoms with van der Waals surface area (Å²) in [5, 5.41) is 3.50. The molecule has 1 saturated carbocycles. The van der Waals surface area contributed by atoms with Gasteiger partial charge >= 0.3 is 0 Å². The molecule has 0 amide bonds. The third-order valence-electron chi connectivity index (χ3n) is 3.20. The van der Waals surface area contributed by atoms with Crippen molar-refractivity contribution >= 4 is 0 Å². The Morgan fingerprint density at radius 1 is 1.24 bits per heavy atom. The molecule has 0 aromatic heterocycles. The lowest BCUT2D eigenvalue weighted by atomic mass is 10.1. The second-order valence-electron chi connectivity index (χ2n) is 4.91. The Kier molecular flexibility index (Phi) is 4.51. The van der Waals surface area contributed by atoms with Gasteiger partial charge in [-0.2, -0.15) is 0 Å². The van der Waals surface area contributed by atoms with Crippen LogP contribution in [-0.2, 0) is 6.42 Å². The molecule has 2 nitrogen and oxygen atoms in total. The van der Waals surface area contributed by atoms with Crippen molar-refractivity contribution in [1.29, 1.82) is 0 Å². The minimum atomic E-state index is -0.157. The van der Waals surface area contributed by atoms with Crippen molar-refractivity contribution in [3.8, 4) is 0 Å². The van der Waals surface area contributed by atoms with Crippen molar-refractivity contribution in [2.75, 3.05) is 26.7 Å². The fraction of sp³-hybridized carbons (Fsp3) is 0.571. The molecule has 0 saturated heterocycles. The normalized spacial score (nSPS) is 15.5. The highest BCUT2D eigenvalue weighted by Gasteiger charge is 2.19. The molecule has 1 aliphatic rings. The Balaban J connectivity index is 1.60. The van der Waals surface area contributed by atoms with Gasteiger partial charge in [-0.3, -0.25) is 0 Å². The van der Waals surface area contributed by atoms with Gasteiger partial charge in [0, 0.05) is 25.7 Å². The van der Waals surface area contributed by atoms with Crippen molar-refractivity contribution in [2.45, 2.75) is 25.3 Å². The van der Waals surface area contributed by atoms with Crippen LogP contribution in [0, 0.1) is 5.82 Å². The number of nitrogens with one attached hydrogen (secondary N) is 1. The lowest BCUT2D eigenvalue weighted by molar-refractivity contribution is 0.335. The van der Waals surface area contributed by atoms with E-state index in [1.54, 1.807) is 0 Å². The van der Waals surface area contributed by atoms with E-state index in [0.717, 1.165) is 32.1 Å². The van der Waals surface area contributed by atoms with Gasteiger partial charge in [-0.05, 0) is 44.0 Å². The molecule has 1 N–H and O–H groups in total. The van der Waals surface area contributed by atoms with Crippen molar-refractivity contribution in [3.05, 3.63) is 35.6 Å². The Labute approximate surface area is 103 Å². The average molecular weight is 236 g/mol. The standard InChI is InChI=1S/C14H21FN2/c1-17(11-9-16-14-6-7-14)10-8-12-2-4-13(15)5-3-12/h2-5,14,16H,6-11H2,1H3. The SMILES string of the molecule is CN(CCNC1CC1)CCc1ccc(F)cc1. The van der Waals surface area contributed by atoms with Crippen molar-refractivity contribution in [3.63, 3.8) is 0 Å². The molecule has 1 aliphatic carbocycles. The molecular formula is C14H21FN2. The van der Waals surface area contributed by atoms with Gasteiger partial charge in [-0.25, -0.2) is 4.39 Å². The summed E-state index contributed by atoms with van der Waals surface area (Å²) in [5.41, 5.74) is 1.20. The fourth-order valence-corrected chi connectivity index (χ4v) is 1.83. The van der Waals surface area contributed by atoms with Crippen molar-refractivity contribution < 1.29 is 4.39 Å². The smallest absolute Gasteiger partial charge is 0.123 e. The Hall–Kier alpha value is -0.930. The van der Waals surface area contributed by atoms with E-state index >= 15 is 0 Å². The van der Waals surface area contributed by atoms with E-state index < -0.39 is 0 Å². The minimum Gasteiger partial charge on any atom is -0.313 e. The predicted molar refractivity (Wildman–Crippen MR) is 68.6 cm³/mol. The maximum Gasteiger partial charge on any atom is 0.123 e. The number of likely N-dealkylation sites (N-methyl/N-ethyl adjacent to an activating group) is 1. The molecule has 17 heavy (non-hydrogen) atoms. The second-order valence-corrected chi connectivity index (χ2v) is 4.91. The van der Waals surface area contributed by atoms with Crippen molar-refractivity contribution in [2.24, 2.45) is 0 Å². The van der Waals surface area contributed by atoms with E-state index in [4.69, 9.17) is 0 Å². The summed E-state index contributed by atoms with van der Waals surface area (Å²) in [6.07, 6.45) is 3.68. The van der Waals surface area contributed by atoms with Crippen LogP contribution in [-0.4, -0.2) is 37.6 Å². The first-order chi connectivity index (χ1) is 8.24. The number of hydrogen-bond donors (Lipinski definition) is 1. The second kappa shape index (κ2) is 6.12. The zero-order chi connectivity index (χ0) is 12.1. The van der Waals surface area contributed by atoms with Crippen LogP contribution in [0.4, 0.5) is 4.39 Å². The molecule has 0 atom stereocenters. The van der Waals surface area contributed by atoms with E-state index in [2.05, 4.69) is 17.3 Å². The van der Waals surface area contributed by atoms with Crippen molar-refractivity contribution in [1.82, 2.24) is 10.2 Å². The van der Waals surface area contributed by atoms with Crippen LogP contribution in [0.2, 0.25) is 0 Å². The topological polar surface area (TPSA) is 15.3 Å². The molecule has 0 heterocycles. The number of hydrogen-bond acceptors (Lipinski definition) is 2. The Morgan fingerprint density at radius 2 is 1.94 bits per heavy atom. The third-order valence-corrected chi connectivity index (χ3v) is 3.20. The van der Waals surface area contributed by atoms with Gasteiger partial charge in [-0.15, -0.1) is 0 Å². The zero-order valence-corrected chi connectivity index (χ0v) is 10.5. The molecule has 0 radical (unpaired) electrons. The molecule has 0 bridgehead atoms. The lowest BCUT2D eigenvalue weighted by Gasteiger charge is -2.16. The highest BCUT2D eigenvalue weighted by Crippen LogP contribution is 2.17. The first-order valence-electron chi connectivity index (χ1n) is 6.40. The van der Waals surface area contributed by atoms with Crippen LogP contribution in [0.25, 0.3) is 0 Å². The molecule has 2 rings (SSSR count). The maximum absolute atomic E-state index is 12.7. The van der Waals surface area contributed by atoms with Crippen LogP contribution in [0.15, 0.2) is 24.3 Å². The van der Waals surface area contributed by atoms with Gasteiger partial charge in [0.1, 0.15) is 5.82 Å². The number of rotatable bonds is 7. The van der Waals surface area contributed by atoms with E-state index in [1.807, 2.05) is 12.1 Å². The van der Waals surface area contributed by atoms with E-state index in [0.29, 0.717) is 0 Å². The van der Waals surface area contributed by atoms with Gasteiger partial charge in [0.05, 0.1) is 0 Å². The highest BCUT2D eigenvalue weighted by molar-refractivity contribution is 5.16. The van der Waals surface area contributed by atoms with Crippen LogP contribution in [0.3, 0.4) is 0 Å². The van der Waals surface area contributed by atoms with Gasteiger partial charge in [0.2, 0.25) is 0 Å². The molecule has 0 spiro atoms. The minimum absolute atomic E-state index is 0.157.